The SMILES string of the molecule is COCCN1Cc2ccccc2N(CC(C)(C)O)CCC1=O. The van der Waals surface area contributed by atoms with E-state index in [1.807, 2.05) is 23.1 Å². The molecule has 0 saturated heterocycles. The highest BCUT2D eigenvalue weighted by atomic mass is 16.5. The molecule has 1 aromatic rings. The average Bonchev–Trinajstić information content (AvgIpc) is 2.45. The fraction of sp³-hybridized carbons (Fsp3) is 0.588. The van der Waals surface area contributed by atoms with E-state index in [1.165, 1.54) is 0 Å². The van der Waals surface area contributed by atoms with Crippen LogP contribution in [0.25, 0.3) is 0 Å². The normalized spacial score (nSPS) is 16.3. The molecule has 1 aromatic carbocycles. The molecule has 22 heavy (non-hydrogen) atoms. The fourth-order valence-corrected chi connectivity index (χ4v) is 2.79. The lowest BCUT2D eigenvalue weighted by atomic mass is 10.0. The number of benzene rings is 1. The number of methoxy groups -OCH3 is 1. The van der Waals surface area contributed by atoms with Crippen molar-refractivity contribution in [3.63, 3.8) is 0 Å². The van der Waals surface area contributed by atoms with E-state index in [-0.39, 0.29) is 5.91 Å². The van der Waals surface area contributed by atoms with E-state index in [4.69, 9.17) is 4.74 Å². The third-order valence-corrected chi connectivity index (χ3v) is 3.78. The number of nitrogens with zero attached hydrogens (tertiary/aromatic N) is 2. The van der Waals surface area contributed by atoms with Crippen LogP contribution in [0.1, 0.15) is 25.8 Å². The number of hydrogen-bond donors (Lipinski definition) is 1. The zero-order valence-electron chi connectivity index (χ0n) is 13.7. The summed E-state index contributed by atoms with van der Waals surface area (Å²) in [6.45, 7) is 6.44. The Hall–Kier alpha value is -1.59. The van der Waals surface area contributed by atoms with E-state index >= 15 is 0 Å². The molecule has 1 aliphatic heterocycles. The summed E-state index contributed by atoms with van der Waals surface area (Å²) in [6.07, 6.45) is 0.453. The Morgan fingerprint density at radius 1 is 1.27 bits per heavy atom. The maximum absolute atomic E-state index is 12.4. The number of rotatable bonds is 5. The monoisotopic (exact) mass is 306 g/mol. The lowest BCUT2D eigenvalue weighted by Gasteiger charge is -2.36. The van der Waals surface area contributed by atoms with Crippen LogP contribution in [0.4, 0.5) is 5.69 Å². The van der Waals surface area contributed by atoms with Gasteiger partial charge in [-0.25, -0.2) is 0 Å². The van der Waals surface area contributed by atoms with Gasteiger partial charge in [0.25, 0.3) is 0 Å². The van der Waals surface area contributed by atoms with Gasteiger partial charge in [-0.15, -0.1) is 0 Å². The van der Waals surface area contributed by atoms with Gasteiger partial charge in [0, 0.05) is 45.4 Å². The quantitative estimate of drug-likeness (QED) is 0.898. The first-order valence-corrected chi connectivity index (χ1v) is 7.72. The fourth-order valence-electron chi connectivity index (χ4n) is 2.79. The molecule has 2 rings (SSSR count). The highest BCUT2D eigenvalue weighted by Gasteiger charge is 2.25. The zero-order valence-corrected chi connectivity index (χ0v) is 13.7. The number of para-hydroxylation sites is 1. The number of aliphatic hydroxyl groups is 1. The van der Waals surface area contributed by atoms with Crippen LogP contribution >= 0.6 is 0 Å². The summed E-state index contributed by atoms with van der Waals surface area (Å²) in [5, 5.41) is 10.1. The minimum absolute atomic E-state index is 0.132. The summed E-state index contributed by atoms with van der Waals surface area (Å²) in [6, 6.07) is 8.09. The molecular weight excluding hydrogens is 280 g/mol. The maximum Gasteiger partial charge on any atom is 0.224 e. The second-order valence-electron chi connectivity index (χ2n) is 6.42. The molecule has 0 unspecified atom stereocenters. The molecule has 1 amide bonds. The average molecular weight is 306 g/mol. The van der Waals surface area contributed by atoms with Crippen LogP contribution in [0, 0.1) is 0 Å². The van der Waals surface area contributed by atoms with Crippen molar-refractivity contribution in [1.29, 1.82) is 0 Å². The Labute approximate surface area is 132 Å². The molecule has 0 atom stereocenters. The second kappa shape index (κ2) is 7.11. The summed E-state index contributed by atoms with van der Waals surface area (Å²) in [4.78, 5) is 16.3. The van der Waals surface area contributed by atoms with Crippen LogP contribution in [0.3, 0.4) is 0 Å². The summed E-state index contributed by atoms with van der Waals surface area (Å²) in [5.41, 5.74) is 1.40. The van der Waals surface area contributed by atoms with Crippen LogP contribution in [-0.4, -0.2) is 54.9 Å². The Morgan fingerprint density at radius 2 is 2.00 bits per heavy atom. The summed E-state index contributed by atoms with van der Waals surface area (Å²) < 4.78 is 5.10. The molecule has 0 radical (unpaired) electrons. The smallest absolute Gasteiger partial charge is 0.224 e. The van der Waals surface area contributed by atoms with Gasteiger partial charge in [0.05, 0.1) is 12.2 Å². The van der Waals surface area contributed by atoms with Crippen molar-refractivity contribution in [3.8, 4) is 0 Å². The van der Waals surface area contributed by atoms with Crippen molar-refractivity contribution in [2.24, 2.45) is 0 Å². The largest absolute Gasteiger partial charge is 0.389 e. The van der Waals surface area contributed by atoms with Crippen LogP contribution in [0.5, 0.6) is 0 Å². The third-order valence-electron chi connectivity index (χ3n) is 3.78. The van der Waals surface area contributed by atoms with E-state index in [9.17, 15) is 9.90 Å². The zero-order chi connectivity index (χ0) is 16.2. The standard InChI is InChI=1S/C17H26N2O3/c1-17(2,21)13-19-9-8-16(20)18(10-11-22-3)12-14-6-4-5-7-15(14)19/h4-7,21H,8-13H2,1-3H3. The van der Waals surface area contributed by atoms with Crippen LogP contribution < -0.4 is 4.90 Å². The molecule has 1 aliphatic rings. The number of anilines is 1. The van der Waals surface area contributed by atoms with Crippen molar-refractivity contribution in [2.45, 2.75) is 32.4 Å². The molecule has 0 spiro atoms. The predicted octanol–water partition coefficient (Wildman–Crippen LogP) is 1.64. The molecule has 5 nitrogen and oxygen atoms in total. The highest BCUT2D eigenvalue weighted by molar-refractivity contribution is 5.78. The number of β-amino-alcohol motifs (C(OH)–C–C–N with tert-alkyl or cyclic N) is 1. The number of hydrogen-bond acceptors (Lipinski definition) is 4. The summed E-state index contributed by atoms with van der Waals surface area (Å²) >= 11 is 0. The Bertz CT molecular complexity index is 511. The van der Waals surface area contributed by atoms with Crippen molar-refractivity contribution >= 4 is 11.6 Å². The number of carbonyl (C=O) groups excluding carboxylic acids is 1. The van der Waals surface area contributed by atoms with Gasteiger partial charge in [0.15, 0.2) is 0 Å². The van der Waals surface area contributed by atoms with Gasteiger partial charge in [-0.2, -0.15) is 0 Å². The van der Waals surface area contributed by atoms with Crippen molar-refractivity contribution in [3.05, 3.63) is 29.8 Å². The minimum atomic E-state index is -0.801. The second-order valence-corrected chi connectivity index (χ2v) is 6.42. The molecule has 122 valence electrons. The first-order chi connectivity index (χ1) is 10.4. The summed E-state index contributed by atoms with van der Waals surface area (Å²) in [7, 11) is 1.65. The van der Waals surface area contributed by atoms with Gasteiger partial charge in [0.1, 0.15) is 0 Å². The Balaban J connectivity index is 2.27. The number of ether oxygens (including phenoxy) is 1. The van der Waals surface area contributed by atoms with Crippen molar-refractivity contribution in [2.75, 3.05) is 38.3 Å². The molecule has 0 aromatic heterocycles. The summed E-state index contributed by atoms with van der Waals surface area (Å²) in [5.74, 6) is 0.132. The van der Waals surface area contributed by atoms with E-state index in [2.05, 4.69) is 11.0 Å². The molecule has 0 bridgehead atoms. The highest BCUT2D eigenvalue weighted by Crippen LogP contribution is 2.26. The molecule has 0 aliphatic carbocycles. The van der Waals surface area contributed by atoms with E-state index in [1.54, 1.807) is 21.0 Å². The molecule has 0 fully saturated rings. The topological polar surface area (TPSA) is 53.0 Å². The van der Waals surface area contributed by atoms with Gasteiger partial charge in [0.2, 0.25) is 5.91 Å². The lowest BCUT2D eigenvalue weighted by molar-refractivity contribution is -0.132. The van der Waals surface area contributed by atoms with Crippen LogP contribution in [0.2, 0.25) is 0 Å². The minimum Gasteiger partial charge on any atom is -0.389 e. The third kappa shape index (κ3) is 4.45. The number of carbonyl (C=O) groups is 1. The van der Waals surface area contributed by atoms with Gasteiger partial charge in [-0.05, 0) is 25.5 Å². The van der Waals surface area contributed by atoms with Crippen molar-refractivity contribution < 1.29 is 14.6 Å². The first kappa shape index (κ1) is 16.8. The van der Waals surface area contributed by atoms with Gasteiger partial charge in [-0.1, -0.05) is 18.2 Å². The maximum atomic E-state index is 12.4. The van der Waals surface area contributed by atoms with E-state index in [0.717, 1.165) is 11.3 Å². The van der Waals surface area contributed by atoms with Gasteiger partial charge < -0.3 is 19.6 Å². The molecular formula is C17H26N2O3. The Kier molecular flexibility index (Phi) is 5.42. The van der Waals surface area contributed by atoms with E-state index in [0.29, 0.717) is 39.2 Å². The van der Waals surface area contributed by atoms with Gasteiger partial charge in [-0.3, -0.25) is 4.79 Å². The Morgan fingerprint density at radius 3 is 2.68 bits per heavy atom. The van der Waals surface area contributed by atoms with Gasteiger partial charge >= 0.3 is 0 Å². The molecule has 1 N–H and O–H groups in total. The van der Waals surface area contributed by atoms with E-state index < -0.39 is 5.60 Å². The lowest BCUT2D eigenvalue weighted by Crippen LogP contribution is -2.44. The predicted molar refractivity (Wildman–Crippen MR) is 86.9 cm³/mol. The molecule has 0 saturated carbocycles. The molecule has 5 heteroatoms. The number of fused-ring (bicyclic) bond motifs is 1. The molecule has 1 heterocycles. The number of amides is 1. The first-order valence-electron chi connectivity index (χ1n) is 7.72. The van der Waals surface area contributed by atoms with Crippen LogP contribution in [-0.2, 0) is 16.1 Å². The van der Waals surface area contributed by atoms with Crippen molar-refractivity contribution in [1.82, 2.24) is 4.90 Å². The van der Waals surface area contributed by atoms with Crippen LogP contribution in [0.15, 0.2) is 24.3 Å².